The van der Waals surface area contributed by atoms with Gasteiger partial charge in [-0.25, -0.2) is 13.5 Å². The average molecular weight is 204 g/mol. The lowest BCUT2D eigenvalue weighted by Crippen LogP contribution is -2.21. The quantitative estimate of drug-likeness (QED) is 0.803. The first kappa shape index (κ1) is 10.9. The van der Waals surface area contributed by atoms with Crippen molar-refractivity contribution in [3.05, 3.63) is 22.1 Å². The van der Waals surface area contributed by atoms with E-state index in [2.05, 4.69) is 5.10 Å². The fourth-order valence-electron chi connectivity index (χ4n) is 1.47. The van der Waals surface area contributed by atoms with E-state index >= 15 is 0 Å². The van der Waals surface area contributed by atoms with Crippen LogP contribution < -0.4 is 5.56 Å². The molecule has 0 unspecified atom stereocenters. The first-order valence-electron chi connectivity index (χ1n) is 4.69. The maximum absolute atomic E-state index is 12.2. The fourth-order valence-corrected chi connectivity index (χ4v) is 1.47. The molecule has 0 aliphatic rings. The molecule has 0 amide bonds. The molecule has 0 fully saturated rings. The Morgan fingerprint density at radius 2 is 2.00 bits per heavy atom. The van der Waals surface area contributed by atoms with Crippen molar-refractivity contribution >= 4 is 0 Å². The van der Waals surface area contributed by atoms with E-state index in [1.807, 2.05) is 13.8 Å². The van der Waals surface area contributed by atoms with Gasteiger partial charge < -0.3 is 0 Å². The van der Waals surface area contributed by atoms with E-state index in [9.17, 15) is 13.6 Å². The summed E-state index contributed by atoms with van der Waals surface area (Å²) >= 11 is 0. The lowest BCUT2D eigenvalue weighted by atomic mass is 10.2. The van der Waals surface area contributed by atoms with Crippen LogP contribution in [0.1, 0.15) is 44.9 Å². The number of aromatic nitrogens is 2. The van der Waals surface area contributed by atoms with E-state index in [1.165, 1.54) is 4.68 Å². The summed E-state index contributed by atoms with van der Waals surface area (Å²) in [6, 6.07) is 0.943. The molecule has 0 spiro atoms. The van der Waals surface area contributed by atoms with Gasteiger partial charge in [0, 0.05) is 6.07 Å². The van der Waals surface area contributed by atoms with Crippen molar-refractivity contribution in [3.8, 4) is 0 Å². The first-order chi connectivity index (χ1) is 6.60. The van der Waals surface area contributed by atoms with Crippen molar-refractivity contribution < 1.29 is 8.78 Å². The van der Waals surface area contributed by atoms with Gasteiger partial charge in [0.05, 0.1) is 6.04 Å². The highest BCUT2D eigenvalue weighted by Gasteiger charge is 2.15. The number of hydrogen-bond donors (Lipinski definition) is 1. The number of nitrogens with zero attached hydrogens (tertiary/aromatic N) is 1. The van der Waals surface area contributed by atoms with E-state index in [0.29, 0.717) is 0 Å². The van der Waals surface area contributed by atoms with Gasteiger partial charge in [-0.15, -0.1) is 0 Å². The molecule has 1 rings (SSSR count). The topological polar surface area (TPSA) is 37.8 Å². The normalized spacial score (nSPS) is 11.6. The summed E-state index contributed by atoms with van der Waals surface area (Å²) in [7, 11) is 0. The molecule has 3 nitrogen and oxygen atoms in total. The highest BCUT2D eigenvalue weighted by atomic mass is 19.3. The Kier molecular flexibility index (Phi) is 3.43. The van der Waals surface area contributed by atoms with Crippen molar-refractivity contribution in [1.29, 1.82) is 0 Å². The lowest BCUT2D eigenvalue weighted by molar-refractivity contribution is 0.144. The maximum atomic E-state index is 12.2. The van der Waals surface area contributed by atoms with Crippen molar-refractivity contribution in [2.75, 3.05) is 0 Å². The van der Waals surface area contributed by atoms with Crippen LogP contribution in [0.15, 0.2) is 10.9 Å². The molecule has 1 N–H and O–H groups in total. The van der Waals surface area contributed by atoms with Crippen LogP contribution in [0, 0.1) is 0 Å². The molecule has 1 aromatic rings. The highest BCUT2D eigenvalue weighted by molar-refractivity contribution is 5.01. The molecule has 1 aromatic heterocycles. The Labute approximate surface area is 80.7 Å². The second-order valence-corrected chi connectivity index (χ2v) is 3.19. The molecule has 0 atom stereocenters. The highest BCUT2D eigenvalue weighted by Crippen LogP contribution is 2.17. The van der Waals surface area contributed by atoms with Crippen LogP contribution in [-0.4, -0.2) is 9.78 Å². The molecule has 0 bridgehead atoms. The summed E-state index contributed by atoms with van der Waals surface area (Å²) in [5, 5.41) is 2.44. The lowest BCUT2D eigenvalue weighted by Gasteiger charge is -2.12. The summed E-state index contributed by atoms with van der Waals surface area (Å²) in [6.07, 6.45) is -1.11. The number of halogens is 2. The van der Waals surface area contributed by atoms with Gasteiger partial charge in [-0.3, -0.25) is 9.89 Å². The molecule has 0 aliphatic carbocycles. The Hall–Kier alpha value is -1.13. The third kappa shape index (κ3) is 2.02. The molecular formula is C9H14F2N2O. The summed E-state index contributed by atoms with van der Waals surface area (Å²) in [6.45, 7) is 3.84. The van der Waals surface area contributed by atoms with E-state index < -0.39 is 6.43 Å². The Morgan fingerprint density at radius 3 is 2.36 bits per heavy atom. The molecular weight excluding hydrogens is 190 g/mol. The summed E-state index contributed by atoms with van der Waals surface area (Å²) in [4.78, 5) is 11.3. The third-order valence-corrected chi connectivity index (χ3v) is 2.31. The van der Waals surface area contributed by atoms with E-state index in [4.69, 9.17) is 0 Å². The van der Waals surface area contributed by atoms with Gasteiger partial charge in [0.25, 0.3) is 12.0 Å². The number of alkyl halides is 2. The largest absolute Gasteiger partial charge is 0.294 e. The number of nitrogens with one attached hydrogen (secondary N) is 1. The smallest absolute Gasteiger partial charge is 0.279 e. The standard InChI is InChI=1S/C9H14F2N2O/c1-3-6(4-2)13-8(14)5-7(12-13)9(10)11/h5-6,9,12H,3-4H2,1-2H3. The van der Waals surface area contributed by atoms with Crippen molar-refractivity contribution in [1.82, 2.24) is 9.78 Å². The molecule has 0 radical (unpaired) electrons. The van der Waals surface area contributed by atoms with Crippen LogP contribution in [-0.2, 0) is 0 Å². The maximum Gasteiger partial charge on any atom is 0.279 e. The Balaban J connectivity index is 3.03. The zero-order valence-corrected chi connectivity index (χ0v) is 8.26. The predicted molar refractivity (Wildman–Crippen MR) is 49.6 cm³/mol. The average Bonchev–Trinajstić information content (AvgIpc) is 2.51. The molecule has 5 heteroatoms. The molecule has 14 heavy (non-hydrogen) atoms. The number of rotatable bonds is 4. The second kappa shape index (κ2) is 4.39. The summed E-state index contributed by atoms with van der Waals surface area (Å²) in [5.41, 5.74) is -0.684. The van der Waals surface area contributed by atoms with Crippen LogP contribution in [0.25, 0.3) is 0 Å². The first-order valence-corrected chi connectivity index (χ1v) is 4.69. The van der Waals surface area contributed by atoms with Crippen LogP contribution in [0.4, 0.5) is 8.78 Å². The number of hydrogen-bond acceptors (Lipinski definition) is 1. The summed E-state index contributed by atoms with van der Waals surface area (Å²) in [5.74, 6) is 0. The van der Waals surface area contributed by atoms with Gasteiger partial charge in [0.1, 0.15) is 5.69 Å². The molecule has 0 saturated carbocycles. The van der Waals surface area contributed by atoms with Gasteiger partial charge in [0.2, 0.25) is 0 Å². The van der Waals surface area contributed by atoms with E-state index in [-0.39, 0.29) is 17.3 Å². The van der Waals surface area contributed by atoms with E-state index in [0.717, 1.165) is 18.9 Å². The zero-order valence-electron chi connectivity index (χ0n) is 8.26. The number of aromatic amines is 1. The zero-order chi connectivity index (χ0) is 10.7. The van der Waals surface area contributed by atoms with Gasteiger partial charge in [-0.05, 0) is 12.8 Å². The van der Waals surface area contributed by atoms with Gasteiger partial charge >= 0.3 is 0 Å². The number of H-pyrrole nitrogens is 1. The fraction of sp³-hybridized carbons (Fsp3) is 0.667. The molecule has 80 valence electrons. The van der Waals surface area contributed by atoms with Gasteiger partial charge in [0.15, 0.2) is 0 Å². The SMILES string of the molecule is CCC(CC)n1[nH]c(C(F)F)cc1=O. The molecule has 0 saturated heterocycles. The van der Waals surface area contributed by atoms with E-state index in [1.54, 1.807) is 0 Å². The molecule has 1 heterocycles. The van der Waals surface area contributed by atoms with Gasteiger partial charge in [-0.1, -0.05) is 13.8 Å². The Bertz CT molecular complexity index is 339. The van der Waals surface area contributed by atoms with Crippen LogP contribution >= 0.6 is 0 Å². The van der Waals surface area contributed by atoms with Crippen LogP contribution in [0.2, 0.25) is 0 Å². The van der Waals surface area contributed by atoms with Crippen molar-refractivity contribution in [2.45, 2.75) is 39.2 Å². The van der Waals surface area contributed by atoms with Crippen LogP contribution in [0.3, 0.4) is 0 Å². The third-order valence-electron chi connectivity index (χ3n) is 2.31. The van der Waals surface area contributed by atoms with Gasteiger partial charge in [-0.2, -0.15) is 0 Å². The minimum atomic E-state index is -2.61. The minimum Gasteiger partial charge on any atom is -0.294 e. The second-order valence-electron chi connectivity index (χ2n) is 3.19. The predicted octanol–water partition coefficient (Wildman–Crippen LogP) is 2.48. The molecule has 0 aliphatic heterocycles. The molecule has 0 aromatic carbocycles. The summed E-state index contributed by atoms with van der Waals surface area (Å²) < 4.78 is 25.8. The van der Waals surface area contributed by atoms with Crippen molar-refractivity contribution in [2.24, 2.45) is 0 Å². The Morgan fingerprint density at radius 1 is 1.43 bits per heavy atom. The monoisotopic (exact) mass is 204 g/mol. The van der Waals surface area contributed by atoms with Crippen molar-refractivity contribution in [3.63, 3.8) is 0 Å². The minimum absolute atomic E-state index is 0.0185. The van der Waals surface area contributed by atoms with Crippen LogP contribution in [0.5, 0.6) is 0 Å².